The van der Waals surface area contributed by atoms with Gasteiger partial charge in [-0.05, 0) is 43.5 Å². The summed E-state index contributed by atoms with van der Waals surface area (Å²) in [5.41, 5.74) is 2.02. The lowest BCUT2D eigenvalue weighted by Gasteiger charge is -2.26. The van der Waals surface area contributed by atoms with Crippen molar-refractivity contribution in [1.82, 2.24) is 10.2 Å². The van der Waals surface area contributed by atoms with E-state index in [4.69, 9.17) is 11.6 Å². The largest absolute Gasteiger partial charge is 0.347 e. The van der Waals surface area contributed by atoms with Crippen LogP contribution in [0.3, 0.4) is 0 Å². The molecule has 2 rings (SSSR count). The molecule has 2 amide bonds. The van der Waals surface area contributed by atoms with Crippen LogP contribution in [0.25, 0.3) is 0 Å². The summed E-state index contributed by atoms with van der Waals surface area (Å²) in [5.74, 6) is -1.09. The van der Waals surface area contributed by atoms with Gasteiger partial charge in [-0.2, -0.15) is 0 Å². The molecule has 0 radical (unpaired) electrons. The van der Waals surface area contributed by atoms with Crippen LogP contribution < -0.4 is 5.32 Å². The van der Waals surface area contributed by atoms with Gasteiger partial charge in [0.25, 0.3) is 0 Å². The minimum absolute atomic E-state index is 0.0635. The van der Waals surface area contributed by atoms with Gasteiger partial charge in [0, 0.05) is 24.2 Å². The van der Waals surface area contributed by atoms with Crippen molar-refractivity contribution in [2.24, 2.45) is 0 Å². The Hall–Kier alpha value is -2.33. The monoisotopic (exact) mass is 358 g/mol. The molecule has 0 saturated heterocycles. The maximum Gasteiger partial charge on any atom is 0.312 e. The summed E-state index contributed by atoms with van der Waals surface area (Å²) in [5, 5.41) is 3.36. The molecule has 0 aromatic heterocycles. The SMILES string of the molecule is CC(C)N(Cc1ccccc1)C(=O)C(=O)NCCc1cccc(Cl)c1. The molecule has 0 spiro atoms. The van der Waals surface area contributed by atoms with Crippen LogP contribution in [-0.4, -0.2) is 29.3 Å². The van der Waals surface area contributed by atoms with E-state index >= 15 is 0 Å². The lowest BCUT2D eigenvalue weighted by atomic mass is 10.1. The summed E-state index contributed by atoms with van der Waals surface area (Å²) in [6, 6.07) is 17.1. The van der Waals surface area contributed by atoms with E-state index in [9.17, 15) is 9.59 Å². The van der Waals surface area contributed by atoms with Crippen molar-refractivity contribution in [3.8, 4) is 0 Å². The highest BCUT2D eigenvalue weighted by atomic mass is 35.5. The van der Waals surface area contributed by atoms with E-state index in [1.807, 2.05) is 62.4 Å². The topological polar surface area (TPSA) is 49.4 Å². The van der Waals surface area contributed by atoms with Gasteiger partial charge in [-0.1, -0.05) is 54.1 Å². The number of rotatable bonds is 6. The Morgan fingerprint density at radius 1 is 1.04 bits per heavy atom. The molecule has 1 N–H and O–H groups in total. The highest BCUT2D eigenvalue weighted by Crippen LogP contribution is 2.11. The number of amides is 2. The lowest BCUT2D eigenvalue weighted by molar-refractivity contribution is -0.147. The second-order valence-corrected chi connectivity index (χ2v) is 6.58. The Morgan fingerprint density at radius 3 is 2.36 bits per heavy atom. The molecule has 2 aromatic carbocycles. The minimum atomic E-state index is -0.577. The fraction of sp³-hybridized carbons (Fsp3) is 0.300. The Balaban J connectivity index is 1.90. The molecule has 132 valence electrons. The maximum absolute atomic E-state index is 12.5. The van der Waals surface area contributed by atoms with Crippen LogP contribution in [0.2, 0.25) is 5.02 Å². The molecule has 2 aromatic rings. The number of benzene rings is 2. The molecular weight excluding hydrogens is 336 g/mol. The van der Waals surface area contributed by atoms with Gasteiger partial charge in [-0.3, -0.25) is 9.59 Å². The van der Waals surface area contributed by atoms with Crippen LogP contribution in [0.4, 0.5) is 0 Å². The van der Waals surface area contributed by atoms with Gasteiger partial charge in [0.2, 0.25) is 0 Å². The highest BCUT2D eigenvalue weighted by Gasteiger charge is 2.23. The Morgan fingerprint density at radius 2 is 1.72 bits per heavy atom. The Kier molecular flexibility index (Phi) is 7.02. The maximum atomic E-state index is 12.5. The molecule has 0 atom stereocenters. The Bertz CT molecular complexity index is 717. The zero-order chi connectivity index (χ0) is 18.2. The van der Waals surface area contributed by atoms with Gasteiger partial charge >= 0.3 is 11.8 Å². The predicted octanol–water partition coefficient (Wildman–Crippen LogP) is 3.44. The van der Waals surface area contributed by atoms with E-state index in [1.165, 1.54) is 0 Å². The van der Waals surface area contributed by atoms with E-state index in [1.54, 1.807) is 11.0 Å². The lowest BCUT2D eigenvalue weighted by Crippen LogP contribution is -2.46. The summed E-state index contributed by atoms with van der Waals surface area (Å²) in [6.07, 6.45) is 0.625. The zero-order valence-corrected chi connectivity index (χ0v) is 15.3. The molecule has 0 aliphatic rings. The smallest absolute Gasteiger partial charge is 0.312 e. The molecule has 0 aliphatic heterocycles. The first kappa shape index (κ1) is 19.0. The molecule has 0 bridgehead atoms. The standard InChI is InChI=1S/C20H23ClN2O2/c1-15(2)23(14-17-7-4-3-5-8-17)20(25)19(24)22-12-11-16-9-6-10-18(21)13-16/h3-10,13,15H,11-12,14H2,1-2H3,(H,22,24). The summed E-state index contributed by atoms with van der Waals surface area (Å²) >= 11 is 5.94. The fourth-order valence-electron chi connectivity index (χ4n) is 2.49. The number of nitrogens with one attached hydrogen (secondary N) is 1. The van der Waals surface area contributed by atoms with Gasteiger partial charge in [-0.25, -0.2) is 0 Å². The second-order valence-electron chi connectivity index (χ2n) is 6.15. The minimum Gasteiger partial charge on any atom is -0.347 e. The van der Waals surface area contributed by atoms with E-state index < -0.39 is 11.8 Å². The van der Waals surface area contributed by atoms with Gasteiger partial charge in [-0.15, -0.1) is 0 Å². The number of hydrogen-bond donors (Lipinski definition) is 1. The number of halogens is 1. The van der Waals surface area contributed by atoms with Crippen LogP contribution in [0.15, 0.2) is 54.6 Å². The third-order valence-corrected chi connectivity index (χ3v) is 4.10. The summed E-state index contributed by atoms with van der Waals surface area (Å²) in [4.78, 5) is 26.3. The zero-order valence-electron chi connectivity index (χ0n) is 14.5. The normalized spacial score (nSPS) is 10.6. The van der Waals surface area contributed by atoms with Gasteiger partial charge in [0.15, 0.2) is 0 Å². The highest BCUT2D eigenvalue weighted by molar-refractivity contribution is 6.35. The number of carbonyl (C=O) groups is 2. The molecule has 0 fully saturated rings. The molecule has 4 nitrogen and oxygen atoms in total. The van der Waals surface area contributed by atoms with Crippen LogP contribution in [0.5, 0.6) is 0 Å². The van der Waals surface area contributed by atoms with E-state index in [-0.39, 0.29) is 6.04 Å². The molecule has 5 heteroatoms. The fourth-order valence-corrected chi connectivity index (χ4v) is 2.70. The molecule has 25 heavy (non-hydrogen) atoms. The summed E-state index contributed by atoms with van der Waals surface area (Å²) in [7, 11) is 0. The first-order valence-corrected chi connectivity index (χ1v) is 8.72. The third kappa shape index (κ3) is 5.91. The van der Waals surface area contributed by atoms with E-state index in [0.29, 0.717) is 24.5 Å². The van der Waals surface area contributed by atoms with Crippen LogP contribution in [0.1, 0.15) is 25.0 Å². The first-order valence-electron chi connectivity index (χ1n) is 8.34. The van der Waals surface area contributed by atoms with E-state index in [2.05, 4.69) is 5.32 Å². The number of carbonyl (C=O) groups excluding carboxylic acids is 2. The predicted molar refractivity (Wildman–Crippen MR) is 100 cm³/mol. The van der Waals surface area contributed by atoms with Crippen molar-refractivity contribution in [2.75, 3.05) is 6.54 Å². The molecule has 0 saturated carbocycles. The van der Waals surface area contributed by atoms with E-state index in [0.717, 1.165) is 11.1 Å². The van der Waals surface area contributed by atoms with Crippen molar-refractivity contribution in [3.63, 3.8) is 0 Å². The number of hydrogen-bond acceptors (Lipinski definition) is 2. The van der Waals surface area contributed by atoms with Crippen LogP contribution in [0, 0.1) is 0 Å². The number of nitrogens with zero attached hydrogens (tertiary/aromatic N) is 1. The average molecular weight is 359 g/mol. The molecule has 0 unspecified atom stereocenters. The average Bonchev–Trinajstić information content (AvgIpc) is 2.59. The first-order chi connectivity index (χ1) is 12.0. The molecule has 0 aliphatic carbocycles. The van der Waals surface area contributed by atoms with Crippen molar-refractivity contribution in [3.05, 3.63) is 70.7 Å². The second kappa shape index (κ2) is 9.23. The molecular formula is C20H23ClN2O2. The third-order valence-electron chi connectivity index (χ3n) is 3.86. The summed E-state index contributed by atoms with van der Waals surface area (Å²) in [6.45, 7) is 4.61. The van der Waals surface area contributed by atoms with Gasteiger partial charge in [0.05, 0.1) is 0 Å². The Labute approximate surface area is 153 Å². The van der Waals surface area contributed by atoms with Gasteiger partial charge < -0.3 is 10.2 Å². The van der Waals surface area contributed by atoms with Crippen LogP contribution in [-0.2, 0) is 22.6 Å². The van der Waals surface area contributed by atoms with Crippen molar-refractivity contribution in [1.29, 1.82) is 0 Å². The van der Waals surface area contributed by atoms with Gasteiger partial charge in [0.1, 0.15) is 0 Å². The quantitative estimate of drug-likeness (QED) is 0.804. The van der Waals surface area contributed by atoms with Crippen molar-refractivity contribution in [2.45, 2.75) is 32.9 Å². The summed E-state index contributed by atoms with van der Waals surface area (Å²) < 4.78 is 0. The molecule has 0 heterocycles. The van der Waals surface area contributed by atoms with Crippen molar-refractivity contribution < 1.29 is 9.59 Å². The van der Waals surface area contributed by atoms with Crippen molar-refractivity contribution >= 4 is 23.4 Å². The van der Waals surface area contributed by atoms with Crippen LogP contribution >= 0.6 is 11.6 Å².